The van der Waals surface area contributed by atoms with Crippen molar-refractivity contribution in [2.75, 3.05) is 68.1 Å². The molecule has 0 aromatic heterocycles. The van der Waals surface area contributed by atoms with Crippen molar-refractivity contribution < 1.29 is 37.9 Å². The Bertz CT molecular complexity index is 1080. The summed E-state index contributed by atoms with van der Waals surface area (Å²) < 4.78 is 48.6. The van der Waals surface area contributed by atoms with Crippen LogP contribution in [0.25, 0.3) is 0 Å². The van der Waals surface area contributed by atoms with Crippen LogP contribution in [0.4, 0.5) is 0 Å². The molecule has 0 saturated heterocycles. The summed E-state index contributed by atoms with van der Waals surface area (Å²) in [6, 6.07) is 6.25. The lowest BCUT2D eigenvalue weighted by Gasteiger charge is -2.41. The van der Waals surface area contributed by atoms with E-state index in [0.29, 0.717) is 67.5 Å². The highest BCUT2D eigenvalue weighted by atomic mass is 16.5. The van der Waals surface area contributed by atoms with Crippen LogP contribution in [0, 0.1) is 11.8 Å². The number of hydrogen-bond acceptors (Lipinski definition) is 8. The van der Waals surface area contributed by atoms with Crippen LogP contribution in [-0.4, -0.2) is 68.1 Å². The van der Waals surface area contributed by atoms with Gasteiger partial charge in [-0.15, -0.1) is 0 Å². The maximum absolute atomic E-state index is 6.29. The van der Waals surface area contributed by atoms with Crippen molar-refractivity contribution >= 4 is 0 Å². The number of hydrogen-bond donors (Lipinski definition) is 0. The maximum atomic E-state index is 6.29. The summed E-state index contributed by atoms with van der Waals surface area (Å²) in [5, 5.41) is 0. The van der Waals surface area contributed by atoms with Crippen molar-refractivity contribution in [1.82, 2.24) is 0 Å². The minimum atomic E-state index is -0.117. The second-order valence-electron chi connectivity index (χ2n) is 10.7. The van der Waals surface area contributed by atoms with E-state index in [2.05, 4.69) is 45.9 Å². The second-order valence-corrected chi connectivity index (χ2v) is 10.7. The summed E-state index contributed by atoms with van der Waals surface area (Å²) in [6.07, 6.45) is 4.47. The average molecular weight is 589 g/mol. The molecule has 0 N–H and O–H groups in total. The first-order valence-electron chi connectivity index (χ1n) is 15.5. The number of ether oxygens (including phenoxy) is 8. The largest absolute Gasteiger partial charge is 0.493 e. The van der Waals surface area contributed by atoms with E-state index < -0.39 is 0 Å². The molecule has 0 unspecified atom stereocenters. The Morgan fingerprint density at radius 2 is 1.12 bits per heavy atom. The molecule has 236 valence electrons. The fraction of sp³-hybridized carbons (Fsp3) is 0.647. The molecule has 0 bridgehead atoms. The molecule has 1 aliphatic carbocycles. The first-order chi connectivity index (χ1) is 20.5. The van der Waals surface area contributed by atoms with Crippen molar-refractivity contribution in [3.8, 4) is 34.5 Å². The molecule has 42 heavy (non-hydrogen) atoms. The van der Waals surface area contributed by atoms with Crippen molar-refractivity contribution in [2.45, 2.75) is 65.7 Å². The summed E-state index contributed by atoms with van der Waals surface area (Å²) in [4.78, 5) is 0. The fourth-order valence-corrected chi connectivity index (χ4v) is 5.80. The number of methoxy groups -OCH3 is 4. The van der Waals surface area contributed by atoms with Crippen LogP contribution in [-0.2, 0) is 15.9 Å². The highest BCUT2D eigenvalue weighted by Crippen LogP contribution is 2.55. The Morgan fingerprint density at radius 3 is 1.64 bits per heavy atom. The van der Waals surface area contributed by atoms with Gasteiger partial charge in [0.25, 0.3) is 0 Å². The number of fused-ring (bicyclic) bond motifs is 1. The zero-order valence-corrected chi connectivity index (χ0v) is 27.0. The van der Waals surface area contributed by atoms with Crippen molar-refractivity contribution in [3.63, 3.8) is 0 Å². The molecule has 8 nitrogen and oxygen atoms in total. The van der Waals surface area contributed by atoms with Gasteiger partial charge in [-0.3, -0.25) is 0 Å². The van der Waals surface area contributed by atoms with E-state index in [-0.39, 0.29) is 17.8 Å². The van der Waals surface area contributed by atoms with Crippen LogP contribution < -0.4 is 28.4 Å². The van der Waals surface area contributed by atoms with Gasteiger partial charge in [-0.1, -0.05) is 27.7 Å². The minimum absolute atomic E-state index is 0.0963. The van der Waals surface area contributed by atoms with Crippen molar-refractivity contribution in [3.05, 3.63) is 34.9 Å². The average Bonchev–Trinajstić information content (AvgIpc) is 3.01. The Morgan fingerprint density at radius 1 is 0.595 bits per heavy atom. The van der Waals surface area contributed by atoms with Crippen LogP contribution in [0.3, 0.4) is 0 Å². The van der Waals surface area contributed by atoms with Gasteiger partial charge in [0.15, 0.2) is 23.0 Å². The molecule has 8 heteroatoms. The zero-order valence-electron chi connectivity index (χ0n) is 27.0. The van der Waals surface area contributed by atoms with E-state index in [1.54, 1.807) is 28.4 Å². The molecule has 0 radical (unpaired) electrons. The summed E-state index contributed by atoms with van der Waals surface area (Å²) in [5.41, 5.74) is 3.26. The Kier molecular flexibility index (Phi) is 13.9. The van der Waals surface area contributed by atoms with Gasteiger partial charge in [0.2, 0.25) is 11.5 Å². The normalized spacial score (nSPS) is 17.9. The van der Waals surface area contributed by atoms with Gasteiger partial charge < -0.3 is 37.9 Å². The fourth-order valence-electron chi connectivity index (χ4n) is 5.80. The molecular formula is C34H52O8. The van der Waals surface area contributed by atoms with Gasteiger partial charge in [0, 0.05) is 24.7 Å². The van der Waals surface area contributed by atoms with Crippen LogP contribution in [0.5, 0.6) is 34.5 Å². The third-order valence-corrected chi connectivity index (χ3v) is 7.66. The van der Waals surface area contributed by atoms with E-state index in [1.807, 2.05) is 0 Å². The first kappa shape index (κ1) is 33.7. The molecule has 1 aliphatic rings. The Labute approximate surface area is 252 Å². The molecule has 0 amide bonds. The summed E-state index contributed by atoms with van der Waals surface area (Å²) in [5.74, 6) is 4.05. The smallest absolute Gasteiger partial charge is 0.203 e. The predicted octanol–water partition coefficient (Wildman–Crippen LogP) is 7.07. The van der Waals surface area contributed by atoms with Crippen molar-refractivity contribution in [1.29, 1.82) is 0 Å². The summed E-state index contributed by atoms with van der Waals surface area (Å²) in [7, 11) is 6.70. The van der Waals surface area contributed by atoms with E-state index in [1.165, 1.54) is 0 Å². The molecule has 2 aromatic rings. The molecule has 0 aliphatic heterocycles. The molecule has 0 spiro atoms. The van der Waals surface area contributed by atoms with Gasteiger partial charge in [-0.25, -0.2) is 0 Å². The lowest BCUT2D eigenvalue weighted by Crippen LogP contribution is -2.37. The first-order valence-corrected chi connectivity index (χ1v) is 15.5. The Hall–Kier alpha value is -2.84. The highest BCUT2D eigenvalue weighted by molar-refractivity contribution is 5.64. The van der Waals surface area contributed by atoms with E-state index >= 15 is 0 Å². The monoisotopic (exact) mass is 588 g/mol. The summed E-state index contributed by atoms with van der Waals surface area (Å²) >= 11 is 0. The van der Waals surface area contributed by atoms with Gasteiger partial charge in [0.05, 0.1) is 54.9 Å². The van der Waals surface area contributed by atoms with Crippen LogP contribution in [0.1, 0.15) is 76.0 Å². The molecule has 0 saturated carbocycles. The third kappa shape index (κ3) is 7.75. The predicted molar refractivity (Wildman–Crippen MR) is 165 cm³/mol. The molecular weight excluding hydrogens is 536 g/mol. The molecule has 3 atom stereocenters. The highest BCUT2D eigenvalue weighted by Gasteiger charge is 2.42. The number of rotatable bonds is 19. The summed E-state index contributed by atoms with van der Waals surface area (Å²) in [6.45, 7) is 12.2. The van der Waals surface area contributed by atoms with E-state index in [0.717, 1.165) is 55.4 Å². The third-order valence-electron chi connectivity index (χ3n) is 7.66. The lowest BCUT2D eigenvalue weighted by molar-refractivity contribution is 0.0216. The quantitative estimate of drug-likeness (QED) is 0.161. The van der Waals surface area contributed by atoms with Crippen LogP contribution in [0.15, 0.2) is 18.2 Å². The SMILES string of the molecule is CCCOC[C@H]1Cc2cc(OC)c(OCCC)c(OC)c2[C@@H](c2cc(OC)c(OCCC)c(OC)c2)[C@@H]1COCCC. The van der Waals surface area contributed by atoms with Crippen LogP contribution >= 0.6 is 0 Å². The number of benzene rings is 2. The molecule has 3 rings (SSSR count). The van der Waals surface area contributed by atoms with E-state index in [9.17, 15) is 0 Å². The van der Waals surface area contributed by atoms with Gasteiger partial charge in [0.1, 0.15) is 0 Å². The van der Waals surface area contributed by atoms with Gasteiger partial charge in [-0.2, -0.15) is 0 Å². The van der Waals surface area contributed by atoms with Crippen molar-refractivity contribution in [2.24, 2.45) is 11.8 Å². The topological polar surface area (TPSA) is 73.8 Å². The molecule has 0 heterocycles. The zero-order chi connectivity index (χ0) is 30.5. The molecule has 2 aromatic carbocycles. The Balaban J connectivity index is 2.32. The maximum Gasteiger partial charge on any atom is 0.203 e. The van der Waals surface area contributed by atoms with Gasteiger partial charge >= 0.3 is 0 Å². The van der Waals surface area contributed by atoms with Gasteiger partial charge in [-0.05, 0) is 73.3 Å². The minimum Gasteiger partial charge on any atom is -0.493 e. The molecule has 0 fully saturated rings. The van der Waals surface area contributed by atoms with Crippen LogP contribution in [0.2, 0.25) is 0 Å². The lowest BCUT2D eigenvalue weighted by atomic mass is 9.66. The standard InChI is InChI=1S/C34H52O8/c1-9-13-39-21-25-17-23-18-29(37-7)33(42-16-12-4)34(38-8)31(23)30(26(25)22-40-14-10-2)24-19-27(35-5)32(41-15-11-3)28(20-24)36-6/h18-20,25-26,30H,9-17,21-22H2,1-8H3/t25-,26-,30+/m1/s1. The second kappa shape index (κ2) is 17.3. The van der Waals surface area contributed by atoms with E-state index in [4.69, 9.17) is 37.9 Å².